The molecule has 6 nitrogen and oxygen atoms in total. The van der Waals surface area contributed by atoms with Crippen LogP contribution >= 0.6 is 22.0 Å². The Bertz CT molecular complexity index is 559. The van der Waals surface area contributed by atoms with Crippen LogP contribution in [-0.4, -0.2) is 34.6 Å². The summed E-state index contributed by atoms with van der Waals surface area (Å²) < 4.78 is 31.2. The second-order valence-electron chi connectivity index (χ2n) is 2.73. The first-order chi connectivity index (χ1) is 7.81. The molecule has 9 heteroatoms. The fourth-order valence-corrected chi connectivity index (χ4v) is 3.48. The largest absolute Gasteiger partial charge is 0.465 e. The Kier molecular flexibility index (Phi) is 4.12. The van der Waals surface area contributed by atoms with E-state index in [-0.39, 0.29) is 9.75 Å². The number of methoxy groups -OCH3 is 2. The Hall–Kier alpha value is -1.12. The maximum atomic E-state index is 11.3. The molecule has 1 aromatic heterocycles. The summed E-state index contributed by atoms with van der Waals surface area (Å²) in [6.07, 6.45) is 0. The SMILES string of the molecule is COC(=O)c1cc(S(=O)(=O)Cl)c(C(=O)OC)s1. The molecular weight excluding hydrogens is 292 g/mol. The van der Waals surface area contributed by atoms with Crippen LogP contribution in [-0.2, 0) is 18.5 Å². The van der Waals surface area contributed by atoms with Gasteiger partial charge in [0.25, 0.3) is 9.05 Å². The van der Waals surface area contributed by atoms with Crippen molar-refractivity contribution in [2.75, 3.05) is 14.2 Å². The lowest BCUT2D eigenvalue weighted by Gasteiger charge is -1.96. The van der Waals surface area contributed by atoms with Crippen LogP contribution in [0.1, 0.15) is 19.3 Å². The molecule has 0 aliphatic carbocycles. The van der Waals surface area contributed by atoms with Gasteiger partial charge in [0.05, 0.1) is 14.2 Å². The first-order valence-corrected chi connectivity index (χ1v) is 7.19. The molecule has 0 saturated heterocycles. The van der Waals surface area contributed by atoms with Crippen LogP contribution in [0.3, 0.4) is 0 Å². The van der Waals surface area contributed by atoms with Gasteiger partial charge in [-0.25, -0.2) is 18.0 Å². The fraction of sp³-hybridized carbons (Fsp3) is 0.250. The molecule has 0 bridgehead atoms. The number of ether oxygens (including phenoxy) is 2. The summed E-state index contributed by atoms with van der Waals surface area (Å²) in [5, 5.41) is 0. The van der Waals surface area contributed by atoms with Gasteiger partial charge in [-0.05, 0) is 6.07 Å². The van der Waals surface area contributed by atoms with Crippen molar-refractivity contribution < 1.29 is 27.5 Å². The molecule has 0 aromatic carbocycles. The third-order valence-corrected chi connectivity index (χ3v) is 4.29. The Balaban J connectivity index is 3.42. The minimum atomic E-state index is -4.14. The normalized spacial score (nSPS) is 11.0. The average molecular weight is 299 g/mol. The number of halogens is 1. The molecule has 0 spiro atoms. The van der Waals surface area contributed by atoms with E-state index in [1.807, 2.05) is 0 Å². The lowest BCUT2D eigenvalue weighted by atomic mass is 10.4. The van der Waals surface area contributed by atoms with E-state index >= 15 is 0 Å². The minimum absolute atomic E-state index is 0.0490. The second-order valence-corrected chi connectivity index (χ2v) is 6.31. The number of thiophene rings is 1. The fourth-order valence-electron chi connectivity index (χ4n) is 0.992. The molecule has 0 atom stereocenters. The molecule has 0 N–H and O–H groups in total. The minimum Gasteiger partial charge on any atom is -0.465 e. The highest BCUT2D eigenvalue weighted by Crippen LogP contribution is 2.30. The van der Waals surface area contributed by atoms with Gasteiger partial charge in [0.1, 0.15) is 14.6 Å². The third kappa shape index (κ3) is 2.96. The van der Waals surface area contributed by atoms with E-state index in [0.717, 1.165) is 20.3 Å². The molecule has 0 aliphatic rings. The molecule has 1 rings (SSSR count). The molecule has 0 radical (unpaired) electrons. The van der Waals surface area contributed by atoms with Gasteiger partial charge < -0.3 is 9.47 Å². The van der Waals surface area contributed by atoms with Crippen molar-refractivity contribution in [3.63, 3.8) is 0 Å². The number of esters is 2. The molecule has 0 unspecified atom stereocenters. The van der Waals surface area contributed by atoms with E-state index in [1.54, 1.807) is 0 Å². The molecule has 0 saturated carbocycles. The van der Waals surface area contributed by atoms with Crippen LogP contribution in [0.2, 0.25) is 0 Å². The van der Waals surface area contributed by atoms with Crippen molar-refractivity contribution in [1.82, 2.24) is 0 Å². The number of rotatable bonds is 3. The summed E-state index contributed by atoms with van der Waals surface area (Å²) in [6, 6.07) is 0.977. The van der Waals surface area contributed by atoms with E-state index in [0.29, 0.717) is 11.3 Å². The Labute approximate surface area is 106 Å². The van der Waals surface area contributed by atoms with Crippen molar-refractivity contribution >= 4 is 43.0 Å². The summed E-state index contributed by atoms with van der Waals surface area (Å²) in [6.45, 7) is 0. The topological polar surface area (TPSA) is 86.7 Å². The first kappa shape index (κ1) is 13.9. The Morgan fingerprint density at radius 1 is 1.24 bits per heavy atom. The predicted molar refractivity (Wildman–Crippen MR) is 60.0 cm³/mol. The summed E-state index contributed by atoms with van der Waals surface area (Å²) in [4.78, 5) is 21.8. The molecule has 17 heavy (non-hydrogen) atoms. The lowest BCUT2D eigenvalue weighted by Crippen LogP contribution is -2.03. The van der Waals surface area contributed by atoms with E-state index in [4.69, 9.17) is 10.7 Å². The highest BCUT2D eigenvalue weighted by Gasteiger charge is 2.27. The van der Waals surface area contributed by atoms with Crippen LogP contribution in [0.5, 0.6) is 0 Å². The van der Waals surface area contributed by atoms with E-state index < -0.39 is 25.9 Å². The van der Waals surface area contributed by atoms with Crippen molar-refractivity contribution in [2.24, 2.45) is 0 Å². The van der Waals surface area contributed by atoms with Gasteiger partial charge in [0, 0.05) is 10.7 Å². The maximum Gasteiger partial charge on any atom is 0.349 e. The number of carbonyl (C=O) groups is 2. The standard InChI is InChI=1S/C8H7ClO6S2/c1-14-7(10)4-3-5(17(9,12)13)6(16-4)8(11)15-2/h3H,1-2H3. The quantitative estimate of drug-likeness (QED) is 0.616. The van der Waals surface area contributed by atoms with Crippen molar-refractivity contribution in [3.05, 3.63) is 15.8 Å². The van der Waals surface area contributed by atoms with Crippen LogP contribution in [0, 0.1) is 0 Å². The third-order valence-electron chi connectivity index (χ3n) is 1.72. The van der Waals surface area contributed by atoms with Crippen LogP contribution < -0.4 is 0 Å². The Morgan fingerprint density at radius 2 is 1.76 bits per heavy atom. The molecule has 94 valence electrons. The molecule has 1 heterocycles. The van der Waals surface area contributed by atoms with Gasteiger partial charge in [0.15, 0.2) is 0 Å². The van der Waals surface area contributed by atoms with Gasteiger partial charge in [-0.3, -0.25) is 0 Å². The zero-order valence-corrected chi connectivity index (χ0v) is 11.1. The molecule has 0 fully saturated rings. The van der Waals surface area contributed by atoms with E-state index in [2.05, 4.69) is 9.47 Å². The van der Waals surface area contributed by atoms with E-state index in [9.17, 15) is 18.0 Å². The molecular formula is C8H7ClO6S2. The highest BCUT2D eigenvalue weighted by molar-refractivity contribution is 8.13. The monoisotopic (exact) mass is 298 g/mol. The zero-order valence-electron chi connectivity index (χ0n) is 8.72. The first-order valence-electron chi connectivity index (χ1n) is 4.06. The summed E-state index contributed by atoms with van der Waals surface area (Å²) >= 11 is 0.639. The van der Waals surface area contributed by atoms with Crippen molar-refractivity contribution in [3.8, 4) is 0 Å². The summed E-state index contributed by atoms with van der Waals surface area (Å²) in [7, 11) is 3.23. The van der Waals surface area contributed by atoms with Crippen LogP contribution in [0.25, 0.3) is 0 Å². The van der Waals surface area contributed by atoms with Gasteiger partial charge >= 0.3 is 11.9 Å². The summed E-state index contributed by atoms with van der Waals surface area (Å²) in [5.41, 5.74) is 0. The number of carbonyl (C=O) groups excluding carboxylic acids is 2. The van der Waals surface area contributed by atoms with Gasteiger partial charge in [-0.1, -0.05) is 0 Å². The maximum absolute atomic E-state index is 11.3. The van der Waals surface area contributed by atoms with Gasteiger partial charge in [0.2, 0.25) is 0 Å². The molecule has 1 aromatic rings. The second kappa shape index (κ2) is 5.03. The summed E-state index contributed by atoms with van der Waals surface area (Å²) in [5.74, 6) is -1.64. The van der Waals surface area contributed by atoms with Crippen LogP contribution in [0.4, 0.5) is 0 Å². The van der Waals surface area contributed by atoms with Crippen molar-refractivity contribution in [2.45, 2.75) is 4.90 Å². The smallest absolute Gasteiger partial charge is 0.349 e. The average Bonchev–Trinajstić information content (AvgIpc) is 2.71. The number of hydrogen-bond acceptors (Lipinski definition) is 7. The highest BCUT2D eigenvalue weighted by atomic mass is 35.7. The van der Waals surface area contributed by atoms with Crippen molar-refractivity contribution in [1.29, 1.82) is 0 Å². The predicted octanol–water partition coefficient (Wildman–Crippen LogP) is 1.25. The van der Waals surface area contributed by atoms with Crippen LogP contribution in [0.15, 0.2) is 11.0 Å². The van der Waals surface area contributed by atoms with E-state index in [1.165, 1.54) is 0 Å². The molecule has 0 amide bonds. The van der Waals surface area contributed by atoms with Gasteiger partial charge in [-0.2, -0.15) is 0 Å². The van der Waals surface area contributed by atoms with Gasteiger partial charge in [-0.15, -0.1) is 11.3 Å². The molecule has 0 aliphatic heterocycles. The number of hydrogen-bond donors (Lipinski definition) is 0. The lowest BCUT2D eigenvalue weighted by molar-refractivity contribution is 0.0596. The zero-order chi connectivity index (χ0) is 13.2. The Morgan fingerprint density at radius 3 is 2.18 bits per heavy atom.